The van der Waals surface area contributed by atoms with E-state index in [1.807, 2.05) is 31.7 Å². The van der Waals surface area contributed by atoms with Gasteiger partial charge in [0.25, 0.3) is 0 Å². The molecule has 1 unspecified atom stereocenters. The van der Waals surface area contributed by atoms with Crippen molar-refractivity contribution in [2.45, 2.75) is 31.8 Å². The maximum Gasteiger partial charge on any atom is 0.331 e. The minimum atomic E-state index is -3.43. The molecule has 0 aliphatic heterocycles. The van der Waals surface area contributed by atoms with Crippen LogP contribution in [0.1, 0.15) is 26.7 Å². The fourth-order valence-electron chi connectivity index (χ4n) is 2.13. The SMILES string of the molecule is CC(C)CP(=O)(O)C/C(=C\CCCSc1nccn1C)C(=O)O. The number of carbonyl (C=O) groups is 1. The number of aromatic nitrogens is 2. The van der Waals surface area contributed by atoms with Gasteiger partial charge in [0.15, 0.2) is 5.16 Å². The Morgan fingerprint density at radius 3 is 2.74 bits per heavy atom. The Labute approximate surface area is 141 Å². The molecule has 1 rings (SSSR count). The van der Waals surface area contributed by atoms with Crippen molar-refractivity contribution in [3.63, 3.8) is 0 Å². The topological polar surface area (TPSA) is 92.4 Å². The van der Waals surface area contributed by atoms with Crippen molar-refractivity contribution in [2.75, 3.05) is 18.1 Å². The highest BCUT2D eigenvalue weighted by Crippen LogP contribution is 2.44. The van der Waals surface area contributed by atoms with Crippen LogP contribution >= 0.6 is 19.1 Å². The molecule has 0 radical (unpaired) electrons. The zero-order valence-electron chi connectivity index (χ0n) is 13.8. The van der Waals surface area contributed by atoms with Gasteiger partial charge in [-0.3, -0.25) is 4.57 Å². The van der Waals surface area contributed by atoms with Crippen LogP contribution in [0.3, 0.4) is 0 Å². The number of allylic oxidation sites excluding steroid dienone is 1. The van der Waals surface area contributed by atoms with Crippen molar-refractivity contribution in [2.24, 2.45) is 13.0 Å². The lowest BCUT2D eigenvalue weighted by molar-refractivity contribution is -0.132. The molecule has 130 valence electrons. The van der Waals surface area contributed by atoms with E-state index in [4.69, 9.17) is 0 Å². The van der Waals surface area contributed by atoms with Crippen LogP contribution in [0, 0.1) is 5.92 Å². The Hall–Kier alpha value is -1.04. The summed E-state index contributed by atoms with van der Waals surface area (Å²) in [6.45, 7) is 3.70. The molecule has 1 aromatic heterocycles. The van der Waals surface area contributed by atoms with Crippen molar-refractivity contribution in [1.82, 2.24) is 9.55 Å². The minimum absolute atomic E-state index is 0.0403. The van der Waals surface area contributed by atoms with Gasteiger partial charge in [-0.15, -0.1) is 0 Å². The number of rotatable bonds is 10. The highest BCUT2D eigenvalue weighted by atomic mass is 32.2. The number of nitrogens with zero attached hydrogens (tertiary/aromatic N) is 2. The summed E-state index contributed by atoms with van der Waals surface area (Å²) in [6, 6.07) is 0. The molecule has 1 aromatic rings. The van der Waals surface area contributed by atoms with E-state index in [0.717, 1.165) is 17.3 Å². The van der Waals surface area contributed by atoms with Gasteiger partial charge in [-0.05, 0) is 18.8 Å². The first-order chi connectivity index (χ1) is 10.7. The predicted molar refractivity (Wildman–Crippen MR) is 93.3 cm³/mol. The first-order valence-electron chi connectivity index (χ1n) is 7.54. The van der Waals surface area contributed by atoms with Crippen LogP contribution in [-0.2, 0) is 16.4 Å². The van der Waals surface area contributed by atoms with E-state index >= 15 is 0 Å². The van der Waals surface area contributed by atoms with Crippen molar-refractivity contribution in [1.29, 1.82) is 0 Å². The molecule has 0 aliphatic carbocycles. The number of hydrogen-bond donors (Lipinski definition) is 2. The highest BCUT2D eigenvalue weighted by Gasteiger charge is 2.24. The highest BCUT2D eigenvalue weighted by molar-refractivity contribution is 7.99. The van der Waals surface area contributed by atoms with E-state index in [9.17, 15) is 19.4 Å². The first kappa shape index (κ1) is 20.0. The van der Waals surface area contributed by atoms with E-state index in [1.165, 1.54) is 0 Å². The number of carboxylic acid groups (broad SMARTS) is 1. The summed E-state index contributed by atoms with van der Waals surface area (Å²) in [5, 5.41) is 10.1. The van der Waals surface area contributed by atoms with Crippen LogP contribution in [-0.4, -0.2) is 43.6 Å². The average molecular weight is 360 g/mol. The lowest BCUT2D eigenvalue weighted by Crippen LogP contribution is -2.09. The third kappa shape index (κ3) is 7.86. The van der Waals surface area contributed by atoms with E-state index in [1.54, 1.807) is 24.0 Å². The normalized spacial score (nSPS) is 14.9. The van der Waals surface area contributed by atoms with Gasteiger partial charge in [0.05, 0.1) is 6.16 Å². The zero-order chi connectivity index (χ0) is 17.5. The van der Waals surface area contributed by atoms with Crippen LogP contribution < -0.4 is 0 Å². The third-order valence-corrected chi connectivity index (χ3v) is 6.37. The standard InChI is InChI=1S/C15H25N2O4PS/c1-12(2)10-22(20,21)11-13(14(18)19)6-4-5-9-23-15-16-7-8-17(15)3/h6-8,12H,4-5,9-11H2,1-3H3,(H,18,19)(H,20,21)/b13-6+. The van der Waals surface area contributed by atoms with Crippen LogP contribution in [0.5, 0.6) is 0 Å². The summed E-state index contributed by atoms with van der Waals surface area (Å²) >= 11 is 1.61. The van der Waals surface area contributed by atoms with E-state index < -0.39 is 13.3 Å². The lowest BCUT2D eigenvalue weighted by Gasteiger charge is -2.14. The maximum atomic E-state index is 12.1. The fourth-order valence-corrected chi connectivity index (χ4v) is 5.10. The minimum Gasteiger partial charge on any atom is -0.478 e. The van der Waals surface area contributed by atoms with Gasteiger partial charge in [0.2, 0.25) is 7.37 Å². The Balaban J connectivity index is 2.48. The quantitative estimate of drug-likeness (QED) is 0.288. The molecular formula is C15H25N2O4PS. The Kier molecular flexibility index (Phi) is 8.09. The molecule has 0 saturated heterocycles. The predicted octanol–water partition coefficient (Wildman–Crippen LogP) is 3.23. The molecule has 0 bridgehead atoms. The summed E-state index contributed by atoms with van der Waals surface area (Å²) < 4.78 is 14.0. The molecular weight excluding hydrogens is 335 g/mol. The maximum absolute atomic E-state index is 12.1. The number of imidazole rings is 1. The first-order valence-corrected chi connectivity index (χ1v) is 10.6. The smallest absolute Gasteiger partial charge is 0.331 e. The summed E-state index contributed by atoms with van der Waals surface area (Å²) in [4.78, 5) is 25.3. The van der Waals surface area contributed by atoms with E-state index in [2.05, 4.69) is 4.98 Å². The van der Waals surface area contributed by atoms with Crippen LogP contribution in [0.2, 0.25) is 0 Å². The second kappa shape index (κ2) is 9.30. The molecule has 0 fully saturated rings. The molecule has 0 aromatic carbocycles. The number of aryl methyl sites for hydroxylation is 1. The molecule has 8 heteroatoms. The molecule has 2 N–H and O–H groups in total. The summed E-state index contributed by atoms with van der Waals surface area (Å²) in [6.07, 6.45) is 6.43. The van der Waals surface area contributed by atoms with Crippen LogP contribution in [0.25, 0.3) is 0 Å². The van der Waals surface area contributed by atoms with Crippen molar-refractivity contribution in [3.05, 3.63) is 24.0 Å². The van der Waals surface area contributed by atoms with Gasteiger partial charge in [0.1, 0.15) is 0 Å². The van der Waals surface area contributed by atoms with Gasteiger partial charge in [0, 0.05) is 36.9 Å². The third-order valence-electron chi connectivity index (χ3n) is 3.09. The number of unbranched alkanes of at least 4 members (excludes halogenated alkanes) is 1. The molecule has 1 atom stereocenters. The number of carboxylic acids is 1. The molecule has 0 amide bonds. The van der Waals surface area contributed by atoms with Crippen molar-refractivity contribution < 1.29 is 19.4 Å². The molecule has 0 saturated carbocycles. The largest absolute Gasteiger partial charge is 0.478 e. The molecule has 23 heavy (non-hydrogen) atoms. The molecule has 0 spiro atoms. The van der Waals surface area contributed by atoms with E-state index in [0.29, 0.717) is 6.42 Å². The summed E-state index contributed by atoms with van der Waals surface area (Å²) in [5.41, 5.74) is 0.0403. The summed E-state index contributed by atoms with van der Waals surface area (Å²) in [5.74, 6) is -0.230. The number of hydrogen-bond acceptors (Lipinski definition) is 4. The molecule has 0 aliphatic rings. The van der Waals surface area contributed by atoms with Crippen LogP contribution in [0.4, 0.5) is 0 Å². The van der Waals surface area contributed by atoms with Gasteiger partial charge in [-0.1, -0.05) is 31.7 Å². The Morgan fingerprint density at radius 1 is 1.52 bits per heavy atom. The van der Waals surface area contributed by atoms with E-state index in [-0.39, 0.29) is 23.8 Å². The second-order valence-electron chi connectivity index (χ2n) is 5.93. The summed E-state index contributed by atoms with van der Waals surface area (Å²) in [7, 11) is -1.51. The van der Waals surface area contributed by atoms with Crippen LogP contribution in [0.15, 0.2) is 29.2 Å². The fraction of sp³-hybridized carbons (Fsp3) is 0.600. The van der Waals surface area contributed by atoms with Gasteiger partial charge < -0.3 is 14.6 Å². The van der Waals surface area contributed by atoms with Gasteiger partial charge >= 0.3 is 5.97 Å². The molecule has 6 nitrogen and oxygen atoms in total. The average Bonchev–Trinajstić information content (AvgIpc) is 2.80. The van der Waals surface area contributed by atoms with Crippen molar-refractivity contribution >= 4 is 25.1 Å². The monoisotopic (exact) mass is 360 g/mol. The zero-order valence-corrected chi connectivity index (χ0v) is 15.5. The molecule has 1 heterocycles. The van der Waals surface area contributed by atoms with Gasteiger partial charge in [-0.25, -0.2) is 9.78 Å². The second-order valence-corrected chi connectivity index (χ2v) is 9.36. The Bertz CT molecular complexity index is 598. The number of thioether (sulfide) groups is 1. The van der Waals surface area contributed by atoms with Crippen molar-refractivity contribution in [3.8, 4) is 0 Å². The Morgan fingerprint density at radius 2 is 2.22 bits per heavy atom. The van der Waals surface area contributed by atoms with Gasteiger partial charge in [-0.2, -0.15) is 0 Å². The lowest BCUT2D eigenvalue weighted by atomic mass is 10.2. The number of aliphatic carboxylic acids is 1.